The van der Waals surface area contributed by atoms with Crippen molar-refractivity contribution in [3.05, 3.63) is 11.9 Å². The maximum absolute atomic E-state index is 5.72. The third-order valence-electron chi connectivity index (χ3n) is 2.11. The summed E-state index contributed by atoms with van der Waals surface area (Å²) in [5.41, 5.74) is 6.58. The van der Waals surface area contributed by atoms with E-state index in [1.807, 2.05) is 6.92 Å². The number of hydrogen-bond acceptors (Lipinski definition) is 5. The molecule has 0 saturated heterocycles. The maximum atomic E-state index is 5.72. The van der Waals surface area contributed by atoms with Crippen LogP contribution in [0, 0.1) is 0 Å². The van der Waals surface area contributed by atoms with E-state index < -0.39 is 0 Å². The van der Waals surface area contributed by atoms with E-state index in [0.29, 0.717) is 24.9 Å². The van der Waals surface area contributed by atoms with Crippen LogP contribution in [0.1, 0.15) is 25.8 Å². The molecule has 1 heterocycles. The summed E-state index contributed by atoms with van der Waals surface area (Å²) < 4.78 is 10.8. The van der Waals surface area contributed by atoms with Crippen molar-refractivity contribution in [2.75, 3.05) is 25.6 Å². The van der Waals surface area contributed by atoms with Gasteiger partial charge in [-0.3, -0.25) is 0 Å². The van der Waals surface area contributed by atoms with Crippen molar-refractivity contribution in [1.82, 2.24) is 9.97 Å². The predicted octanol–water partition coefficient (Wildman–Crippen LogP) is 1.43. The Morgan fingerprint density at radius 2 is 2.00 bits per heavy atom. The monoisotopic (exact) mass is 225 g/mol. The third-order valence-corrected chi connectivity index (χ3v) is 2.11. The highest BCUT2D eigenvalue weighted by atomic mass is 16.5. The van der Waals surface area contributed by atoms with Crippen LogP contribution in [0.2, 0.25) is 0 Å². The van der Waals surface area contributed by atoms with Gasteiger partial charge in [-0.15, -0.1) is 0 Å². The molecule has 0 atom stereocenters. The van der Waals surface area contributed by atoms with Gasteiger partial charge < -0.3 is 15.2 Å². The van der Waals surface area contributed by atoms with Crippen LogP contribution in [-0.2, 0) is 11.2 Å². The van der Waals surface area contributed by atoms with Crippen molar-refractivity contribution >= 4 is 5.82 Å². The zero-order chi connectivity index (χ0) is 11.8. The van der Waals surface area contributed by atoms with Crippen LogP contribution < -0.4 is 10.5 Å². The standard InChI is InChI=1S/C11H19N3O2/c1-3-5-15-6-7-16-11-9(4-2)10(12)13-8-14-11/h8H,3-7H2,1-2H3,(H2,12,13,14). The molecule has 1 aromatic rings. The first kappa shape index (κ1) is 12.7. The summed E-state index contributed by atoms with van der Waals surface area (Å²) in [7, 11) is 0. The topological polar surface area (TPSA) is 70.3 Å². The Labute approximate surface area is 96.0 Å². The molecule has 90 valence electrons. The first-order chi connectivity index (χ1) is 7.79. The van der Waals surface area contributed by atoms with Gasteiger partial charge in [-0.05, 0) is 12.8 Å². The number of nitrogen functional groups attached to an aromatic ring is 1. The van der Waals surface area contributed by atoms with Crippen molar-refractivity contribution < 1.29 is 9.47 Å². The Bertz CT molecular complexity index is 318. The van der Waals surface area contributed by atoms with E-state index in [1.165, 1.54) is 6.33 Å². The van der Waals surface area contributed by atoms with Gasteiger partial charge in [0.2, 0.25) is 5.88 Å². The minimum Gasteiger partial charge on any atom is -0.475 e. The molecule has 0 amide bonds. The summed E-state index contributed by atoms with van der Waals surface area (Å²) in [6, 6.07) is 0. The molecular formula is C11H19N3O2. The molecule has 2 N–H and O–H groups in total. The molecule has 0 radical (unpaired) electrons. The minimum absolute atomic E-state index is 0.488. The molecule has 0 aliphatic rings. The SMILES string of the molecule is CCCOCCOc1ncnc(N)c1CC. The van der Waals surface area contributed by atoms with Crippen LogP contribution in [0.25, 0.3) is 0 Å². The van der Waals surface area contributed by atoms with Gasteiger partial charge in [0.05, 0.1) is 12.2 Å². The van der Waals surface area contributed by atoms with Crippen LogP contribution >= 0.6 is 0 Å². The van der Waals surface area contributed by atoms with E-state index in [2.05, 4.69) is 16.9 Å². The Morgan fingerprint density at radius 3 is 2.69 bits per heavy atom. The molecule has 0 spiro atoms. The summed E-state index contributed by atoms with van der Waals surface area (Å²) >= 11 is 0. The molecule has 16 heavy (non-hydrogen) atoms. The summed E-state index contributed by atoms with van der Waals surface area (Å²) in [4.78, 5) is 7.98. The molecule has 0 bridgehead atoms. The third kappa shape index (κ3) is 3.66. The van der Waals surface area contributed by atoms with Gasteiger partial charge in [0.1, 0.15) is 18.8 Å². The Kier molecular flexibility index (Phi) is 5.56. The second kappa shape index (κ2) is 7.00. The molecule has 0 aromatic carbocycles. The molecular weight excluding hydrogens is 206 g/mol. The quantitative estimate of drug-likeness (QED) is 0.711. The van der Waals surface area contributed by atoms with Crippen LogP contribution in [-0.4, -0.2) is 29.8 Å². The fourth-order valence-electron chi connectivity index (χ4n) is 1.31. The lowest BCUT2D eigenvalue weighted by Gasteiger charge is -2.10. The zero-order valence-electron chi connectivity index (χ0n) is 9.90. The Balaban J connectivity index is 2.44. The first-order valence-corrected chi connectivity index (χ1v) is 5.59. The van der Waals surface area contributed by atoms with Crippen LogP contribution in [0.3, 0.4) is 0 Å². The van der Waals surface area contributed by atoms with E-state index >= 15 is 0 Å². The molecule has 0 saturated carbocycles. The summed E-state index contributed by atoms with van der Waals surface area (Å²) in [6.07, 6.45) is 3.19. The fraction of sp³-hybridized carbons (Fsp3) is 0.636. The normalized spacial score (nSPS) is 10.4. The van der Waals surface area contributed by atoms with Crippen molar-refractivity contribution in [3.8, 4) is 5.88 Å². The van der Waals surface area contributed by atoms with Gasteiger partial charge in [-0.25, -0.2) is 9.97 Å². The highest BCUT2D eigenvalue weighted by Crippen LogP contribution is 2.19. The second-order valence-corrected chi connectivity index (χ2v) is 3.36. The molecule has 5 nitrogen and oxygen atoms in total. The highest BCUT2D eigenvalue weighted by Gasteiger charge is 2.07. The van der Waals surface area contributed by atoms with Gasteiger partial charge in [0.25, 0.3) is 0 Å². The summed E-state index contributed by atoms with van der Waals surface area (Å²) in [5.74, 6) is 1.05. The smallest absolute Gasteiger partial charge is 0.221 e. The average Bonchev–Trinajstić information content (AvgIpc) is 2.29. The van der Waals surface area contributed by atoms with Crippen molar-refractivity contribution in [2.45, 2.75) is 26.7 Å². The number of nitrogens with two attached hydrogens (primary N) is 1. The van der Waals surface area contributed by atoms with E-state index in [0.717, 1.165) is 25.0 Å². The molecule has 5 heteroatoms. The van der Waals surface area contributed by atoms with Crippen molar-refractivity contribution in [1.29, 1.82) is 0 Å². The van der Waals surface area contributed by atoms with E-state index in [-0.39, 0.29) is 0 Å². The Morgan fingerprint density at radius 1 is 1.19 bits per heavy atom. The average molecular weight is 225 g/mol. The summed E-state index contributed by atoms with van der Waals surface area (Å²) in [6.45, 7) is 5.89. The zero-order valence-corrected chi connectivity index (χ0v) is 9.90. The first-order valence-electron chi connectivity index (χ1n) is 5.59. The maximum Gasteiger partial charge on any atom is 0.221 e. The van der Waals surface area contributed by atoms with E-state index in [9.17, 15) is 0 Å². The largest absolute Gasteiger partial charge is 0.475 e. The molecule has 0 aliphatic carbocycles. The number of ether oxygens (including phenoxy) is 2. The second-order valence-electron chi connectivity index (χ2n) is 3.36. The van der Waals surface area contributed by atoms with Gasteiger partial charge in [-0.1, -0.05) is 13.8 Å². The number of nitrogens with zero attached hydrogens (tertiary/aromatic N) is 2. The number of aromatic nitrogens is 2. The minimum atomic E-state index is 0.488. The molecule has 0 unspecified atom stereocenters. The number of rotatable bonds is 7. The lowest BCUT2D eigenvalue weighted by Crippen LogP contribution is -2.10. The van der Waals surface area contributed by atoms with Crippen LogP contribution in [0.15, 0.2) is 6.33 Å². The number of anilines is 1. The molecule has 1 rings (SSSR count). The van der Waals surface area contributed by atoms with Crippen molar-refractivity contribution in [3.63, 3.8) is 0 Å². The Hall–Kier alpha value is -1.36. The van der Waals surface area contributed by atoms with E-state index in [4.69, 9.17) is 15.2 Å². The van der Waals surface area contributed by atoms with E-state index in [1.54, 1.807) is 0 Å². The van der Waals surface area contributed by atoms with Crippen LogP contribution in [0.4, 0.5) is 5.82 Å². The lowest BCUT2D eigenvalue weighted by molar-refractivity contribution is 0.0986. The predicted molar refractivity (Wildman–Crippen MR) is 62.4 cm³/mol. The number of hydrogen-bond donors (Lipinski definition) is 1. The van der Waals surface area contributed by atoms with Gasteiger partial charge in [0.15, 0.2) is 0 Å². The van der Waals surface area contributed by atoms with Gasteiger partial charge in [-0.2, -0.15) is 0 Å². The molecule has 0 fully saturated rings. The molecule has 1 aromatic heterocycles. The highest BCUT2D eigenvalue weighted by molar-refractivity contribution is 5.44. The van der Waals surface area contributed by atoms with Gasteiger partial charge >= 0.3 is 0 Å². The fourth-order valence-corrected chi connectivity index (χ4v) is 1.31. The lowest BCUT2D eigenvalue weighted by atomic mass is 10.2. The molecule has 0 aliphatic heterocycles. The summed E-state index contributed by atoms with van der Waals surface area (Å²) in [5, 5.41) is 0. The van der Waals surface area contributed by atoms with Gasteiger partial charge in [0, 0.05) is 6.61 Å². The van der Waals surface area contributed by atoms with Crippen molar-refractivity contribution in [2.24, 2.45) is 0 Å². The van der Waals surface area contributed by atoms with Crippen LogP contribution in [0.5, 0.6) is 5.88 Å².